The van der Waals surface area contributed by atoms with Crippen LogP contribution in [0.15, 0.2) is 0 Å². The van der Waals surface area contributed by atoms with Crippen LogP contribution in [0.4, 0.5) is 0 Å². The van der Waals surface area contributed by atoms with Crippen LogP contribution in [0.5, 0.6) is 0 Å². The molecule has 1 aliphatic heterocycles. The standard InChI is InChI=1S/C12H20O3/c1-8-7-10(15-11(8)13)12(14)6-4-3-5-9(12)2/h8-10,14H,3-7H2,1-2H3/t8-,9+,10-,12-/m1/s1. The molecule has 15 heavy (non-hydrogen) atoms. The summed E-state index contributed by atoms with van der Waals surface area (Å²) in [4.78, 5) is 11.3. The van der Waals surface area contributed by atoms with Crippen LogP contribution in [0.25, 0.3) is 0 Å². The molecule has 3 nitrogen and oxygen atoms in total. The second-order valence-corrected chi connectivity index (χ2v) is 5.20. The Morgan fingerprint density at radius 1 is 1.40 bits per heavy atom. The molecule has 2 fully saturated rings. The summed E-state index contributed by atoms with van der Waals surface area (Å²) >= 11 is 0. The zero-order valence-corrected chi connectivity index (χ0v) is 9.53. The smallest absolute Gasteiger partial charge is 0.309 e. The van der Waals surface area contributed by atoms with E-state index in [0.29, 0.717) is 6.42 Å². The molecule has 2 rings (SSSR count). The molecule has 1 saturated carbocycles. The summed E-state index contributed by atoms with van der Waals surface area (Å²) in [6, 6.07) is 0. The number of hydrogen-bond donors (Lipinski definition) is 1. The second-order valence-electron chi connectivity index (χ2n) is 5.20. The van der Waals surface area contributed by atoms with Gasteiger partial charge in [-0.15, -0.1) is 0 Å². The fourth-order valence-corrected chi connectivity index (χ4v) is 2.86. The Hall–Kier alpha value is -0.570. The molecule has 86 valence electrons. The molecular weight excluding hydrogens is 192 g/mol. The maximum absolute atomic E-state index is 11.3. The molecule has 0 aromatic heterocycles. The third kappa shape index (κ3) is 1.78. The molecule has 4 atom stereocenters. The third-order valence-electron chi connectivity index (χ3n) is 4.10. The third-order valence-corrected chi connectivity index (χ3v) is 4.10. The highest BCUT2D eigenvalue weighted by molar-refractivity contribution is 5.74. The van der Waals surface area contributed by atoms with Gasteiger partial charge in [-0.3, -0.25) is 4.79 Å². The molecule has 3 heteroatoms. The van der Waals surface area contributed by atoms with Crippen molar-refractivity contribution < 1.29 is 14.6 Å². The Kier molecular flexibility index (Phi) is 2.75. The van der Waals surface area contributed by atoms with Crippen LogP contribution in [0.2, 0.25) is 0 Å². The van der Waals surface area contributed by atoms with Gasteiger partial charge in [-0.1, -0.05) is 26.7 Å². The van der Waals surface area contributed by atoms with Gasteiger partial charge in [0.15, 0.2) is 0 Å². The Morgan fingerprint density at radius 3 is 2.67 bits per heavy atom. The van der Waals surface area contributed by atoms with Crippen LogP contribution in [-0.4, -0.2) is 22.8 Å². The molecule has 2 aliphatic rings. The lowest BCUT2D eigenvalue weighted by molar-refractivity contribution is -0.165. The zero-order chi connectivity index (χ0) is 11.1. The zero-order valence-electron chi connectivity index (χ0n) is 9.53. The van der Waals surface area contributed by atoms with E-state index in [-0.39, 0.29) is 23.9 Å². The van der Waals surface area contributed by atoms with Crippen molar-refractivity contribution in [3.05, 3.63) is 0 Å². The van der Waals surface area contributed by atoms with E-state index in [4.69, 9.17) is 4.74 Å². The first-order valence-electron chi connectivity index (χ1n) is 5.97. The van der Waals surface area contributed by atoms with E-state index in [1.165, 1.54) is 6.42 Å². The number of rotatable bonds is 1. The van der Waals surface area contributed by atoms with Gasteiger partial charge in [-0.05, 0) is 18.8 Å². The van der Waals surface area contributed by atoms with Crippen LogP contribution in [0.1, 0.15) is 46.0 Å². The Labute approximate surface area is 90.8 Å². The van der Waals surface area contributed by atoms with E-state index in [1.54, 1.807) is 0 Å². The first-order valence-corrected chi connectivity index (χ1v) is 5.97. The fourth-order valence-electron chi connectivity index (χ4n) is 2.86. The van der Waals surface area contributed by atoms with Crippen molar-refractivity contribution in [1.82, 2.24) is 0 Å². The molecule has 0 amide bonds. The molecule has 1 aliphatic carbocycles. The van der Waals surface area contributed by atoms with Crippen molar-refractivity contribution in [2.45, 2.75) is 57.7 Å². The SMILES string of the molecule is C[C@@H]1C[C@H]([C@@]2(O)CCCC[C@@H]2C)OC1=O. The molecule has 1 saturated heterocycles. The summed E-state index contributed by atoms with van der Waals surface area (Å²) in [6.45, 7) is 3.94. The summed E-state index contributed by atoms with van der Waals surface area (Å²) in [5.74, 6) is 0.0497. The van der Waals surface area contributed by atoms with Gasteiger partial charge >= 0.3 is 5.97 Å². The van der Waals surface area contributed by atoms with E-state index >= 15 is 0 Å². The van der Waals surface area contributed by atoms with Gasteiger partial charge < -0.3 is 9.84 Å². The minimum absolute atomic E-state index is 0.0480. The summed E-state index contributed by atoms with van der Waals surface area (Å²) in [6.07, 6.45) is 4.45. The maximum atomic E-state index is 11.3. The Morgan fingerprint density at radius 2 is 2.13 bits per heavy atom. The molecule has 1 heterocycles. The first-order chi connectivity index (χ1) is 7.04. The normalized spacial score (nSPS) is 46.6. The number of ether oxygens (including phenoxy) is 1. The highest BCUT2D eigenvalue weighted by Crippen LogP contribution is 2.41. The lowest BCUT2D eigenvalue weighted by atomic mass is 9.72. The monoisotopic (exact) mass is 212 g/mol. The molecule has 0 aromatic rings. The van der Waals surface area contributed by atoms with Gasteiger partial charge in [-0.25, -0.2) is 0 Å². The number of cyclic esters (lactones) is 1. The van der Waals surface area contributed by atoms with Crippen molar-refractivity contribution in [2.24, 2.45) is 11.8 Å². The highest BCUT2D eigenvalue weighted by Gasteiger charge is 2.49. The minimum Gasteiger partial charge on any atom is -0.459 e. The van der Waals surface area contributed by atoms with Gasteiger partial charge in [0.2, 0.25) is 0 Å². The molecule has 0 aromatic carbocycles. The first kappa shape index (κ1) is 10.9. The lowest BCUT2D eigenvalue weighted by Gasteiger charge is -2.41. The van der Waals surface area contributed by atoms with Crippen molar-refractivity contribution in [3.63, 3.8) is 0 Å². The average Bonchev–Trinajstić information content (AvgIpc) is 2.53. The summed E-state index contributed by atoms with van der Waals surface area (Å²) in [5, 5.41) is 10.6. The maximum Gasteiger partial charge on any atom is 0.309 e. The van der Waals surface area contributed by atoms with E-state index in [2.05, 4.69) is 6.92 Å². The predicted octanol–water partition coefficient (Wildman–Crippen LogP) is 1.88. The number of carbonyl (C=O) groups is 1. The number of esters is 1. The molecule has 0 radical (unpaired) electrons. The lowest BCUT2D eigenvalue weighted by Crippen LogP contribution is -2.49. The van der Waals surface area contributed by atoms with Crippen molar-refractivity contribution in [3.8, 4) is 0 Å². The van der Waals surface area contributed by atoms with Crippen LogP contribution in [0.3, 0.4) is 0 Å². The molecule has 0 unspecified atom stereocenters. The van der Waals surface area contributed by atoms with Gasteiger partial charge in [0.05, 0.1) is 5.92 Å². The minimum atomic E-state index is -0.765. The molecule has 0 bridgehead atoms. The van der Waals surface area contributed by atoms with Crippen LogP contribution < -0.4 is 0 Å². The van der Waals surface area contributed by atoms with Gasteiger partial charge in [0.1, 0.15) is 11.7 Å². The van der Waals surface area contributed by atoms with Gasteiger partial charge in [0.25, 0.3) is 0 Å². The topological polar surface area (TPSA) is 46.5 Å². The summed E-state index contributed by atoms with van der Waals surface area (Å²) in [7, 11) is 0. The quantitative estimate of drug-likeness (QED) is 0.675. The Bertz CT molecular complexity index is 264. The summed E-state index contributed by atoms with van der Waals surface area (Å²) in [5.41, 5.74) is -0.765. The predicted molar refractivity (Wildman–Crippen MR) is 56.2 cm³/mol. The molecule has 0 spiro atoms. The fraction of sp³-hybridized carbons (Fsp3) is 0.917. The van der Waals surface area contributed by atoms with Crippen LogP contribution in [-0.2, 0) is 9.53 Å². The molecule has 1 N–H and O–H groups in total. The van der Waals surface area contributed by atoms with Crippen molar-refractivity contribution in [1.29, 1.82) is 0 Å². The average molecular weight is 212 g/mol. The number of carbonyl (C=O) groups excluding carboxylic acids is 1. The van der Waals surface area contributed by atoms with Crippen LogP contribution in [0, 0.1) is 11.8 Å². The van der Waals surface area contributed by atoms with E-state index in [0.717, 1.165) is 19.3 Å². The largest absolute Gasteiger partial charge is 0.459 e. The molecular formula is C12H20O3. The number of hydrogen-bond acceptors (Lipinski definition) is 3. The highest BCUT2D eigenvalue weighted by atomic mass is 16.6. The van der Waals surface area contributed by atoms with Crippen LogP contribution >= 0.6 is 0 Å². The van der Waals surface area contributed by atoms with Gasteiger partial charge in [0, 0.05) is 6.42 Å². The summed E-state index contributed by atoms with van der Waals surface area (Å²) < 4.78 is 5.30. The number of aliphatic hydroxyl groups is 1. The van der Waals surface area contributed by atoms with E-state index < -0.39 is 5.60 Å². The van der Waals surface area contributed by atoms with E-state index in [9.17, 15) is 9.90 Å². The Balaban J connectivity index is 2.11. The van der Waals surface area contributed by atoms with E-state index in [1.807, 2.05) is 6.92 Å². The van der Waals surface area contributed by atoms with Crippen molar-refractivity contribution in [2.75, 3.05) is 0 Å². The van der Waals surface area contributed by atoms with Crippen molar-refractivity contribution >= 4 is 5.97 Å². The second kappa shape index (κ2) is 3.78. The van der Waals surface area contributed by atoms with Gasteiger partial charge in [-0.2, -0.15) is 0 Å².